The highest BCUT2D eigenvalue weighted by Gasteiger charge is 2.26. The predicted molar refractivity (Wildman–Crippen MR) is 121 cm³/mol. The van der Waals surface area contributed by atoms with Crippen molar-refractivity contribution in [2.45, 2.75) is 26.3 Å². The monoisotopic (exact) mass is 488 g/mol. The zero-order chi connectivity index (χ0) is 18.9. The van der Waals surface area contributed by atoms with Crippen LogP contribution in [0, 0.1) is 5.92 Å². The van der Waals surface area contributed by atoms with Gasteiger partial charge >= 0.3 is 0 Å². The van der Waals surface area contributed by atoms with Crippen molar-refractivity contribution in [2.75, 3.05) is 46.9 Å². The maximum atomic E-state index is 12.0. The molecule has 0 spiro atoms. The minimum absolute atomic E-state index is 0. The molecule has 1 saturated heterocycles. The van der Waals surface area contributed by atoms with E-state index in [1.54, 1.807) is 19.0 Å². The fourth-order valence-electron chi connectivity index (χ4n) is 2.99. The van der Waals surface area contributed by atoms with Crippen LogP contribution in [0.5, 0.6) is 0 Å². The van der Waals surface area contributed by atoms with Crippen molar-refractivity contribution >= 4 is 35.8 Å². The number of aliphatic imine (C=N–C) groups is 1. The molecule has 0 aromatic heterocycles. The molecule has 6 nitrogen and oxygen atoms in total. The maximum absolute atomic E-state index is 12.0. The predicted octanol–water partition coefficient (Wildman–Crippen LogP) is 2.76. The molecule has 2 rings (SSSR count). The number of guanidine groups is 1. The first-order valence-electron chi connectivity index (χ1n) is 9.40. The Balaban J connectivity index is 0.00000364. The number of hydrogen-bond donors (Lipinski definition) is 1. The molecule has 152 valence electrons. The van der Waals surface area contributed by atoms with Crippen molar-refractivity contribution in [1.82, 2.24) is 15.1 Å². The molecule has 2 unspecified atom stereocenters. The average molecular weight is 488 g/mol. The number of ether oxygens (including phenoxy) is 1. The largest absolute Gasteiger partial charge is 0.381 e. The summed E-state index contributed by atoms with van der Waals surface area (Å²) in [5.41, 5.74) is 1.20. The summed E-state index contributed by atoms with van der Waals surface area (Å²) in [4.78, 5) is 20.4. The van der Waals surface area contributed by atoms with Crippen LogP contribution in [-0.2, 0) is 9.53 Å². The first-order valence-corrected chi connectivity index (χ1v) is 9.40. The van der Waals surface area contributed by atoms with Gasteiger partial charge in [-0.1, -0.05) is 30.3 Å². The normalized spacial score (nSPS) is 18.0. The minimum Gasteiger partial charge on any atom is -0.381 e. The van der Waals surface area contributed by atoms with Crippen molar-refractivity contribution in [3.63, 3.8) is 0 Å². The molecular weight excluding hydrogens is 455 g/mol. The summed E-state index contributed by atoms with van der Waals surface area (Å²) in [6, 6.07) is 10.4. The molecule has 2 atom stereocenters. The summed E-state index contributed by atoms with van der Waals surface area (Å²) in [6.07, 6.45) is 1.09. The number of amides is 1. The molecule has 0 bridgehead atoms. The molecule has 1 fully saturated rings. The van der Waals surface area contributed by atoms with Crippen LogP contribution in [0.25, 0.3) is 0 Å². The SMILES string of the molecule is CCOCC1CCN(C(=NCC(=O)N(C)C)NC(C)c2ccccc2)C1.I. The molecule has 1 amide bonds. The van der Waals surface area contributed by atoms with Gasteiger partial charge in [0.1, 0.15) is 6.54 Å². The smallest absolute Gasteiger partial charge is 0.243 e. The lowest BCUT2D eigenvalue weighted by molar-refractivity contribution is -0.127. The first kappa shape index (κ1) is 23.7. The Kier molecular flexibility index (Phi) is 10.7. The molecule has 1 aliphatic rings. The van der Waals surface area contributed by atoms with E-state index in [2.05, 4.69) is 34.3 Å². The van der Waals surface area contributed by atoms with Gasteiger partial charge in [0.2, 0.25) is 5.91 Å². The van der Waals surface area contributed by atoms with E-state index >= 15 is 0 Å². The molecule has 0 aliphatic carbocycles. The molecular formula is C20H33IN4O2. The van der Waals surface area contributed by atoms with E-state index in [0.717, 1.165) is 38.7 Å². The highest BCUT2D eigenvalue weighted by molar-refractivity contribution is 14.0. The Hall–Kier alpha value is -1.35. The second kappa shape index (κ2) is 12.2. The Morgan fingerprint density at radius 3 is 2.70 bits per heavy atom. The van der Waals surface area contributed by atoms with Crippen molar-refractivity contribution in [3.05, 3.63) is 35.9 Å². The van der Waals surface area contributed by atoms with Gasteiger partial charge < -0.3 is 19.9 Å². The van der Waals surface area contributed by atoms with Gasteiger partial charge in [-0.15, -0.1) is 24.0 Å². The van der Waals surface area contributed by atoms with E-state index < -0.39 is 0 Å². The number of likely N-dealkylation sites (tertiary alicyclic amines) is 1. The molecule has 0 radical (unpaired) electrons. The van der Waals surface area contributed by atoms with Crippen LogP contribution in [0.4, 0.5) is 0 Å². The zero-order valence-electron chi connectivity index (χ0n) is 16.9. The highest BCUT2D eigenvalue weighted by atomic mass is 127. The van der Waals surface area contributed by atoms with Crippen molar-refractivity contribution in [1.29, 1.82) is 0 Å². The highest BCUT2D eigenvalue weighted by Crippen LogP contribution is 2.18. The third-order valence-electron chi connectivity index (χ3n) is 4.65. The van der Waals surface area contributed by atoms with Gasteiger partial charge in [0, 0.05) is 39.7 Å². The van der Waals surface area contributed by atoms with Crippen LogP contribution in [0.2, 0.25) is 0 Å². The fraction of sp³-hybridized carbons (Fsp3) is 0.600. The zero-order valence-corrected chi connectivity index (χ0v) is 19.2. The summed E-state index contributed by atoms with van der Waals surface area (Å²) in [5, 5.41) is 3.51. The fourth-order valence-corrected chi connectivity index (χ4v) is 2.99. The van der Waals surface area contributed by atoms with Gasteiger partial charge in [-0.2, -0.15) is 0 Å². The van der Waals surface area contributed by atoms with Crippen molar-refractivity contribution in [2.24, 2.45) is 10.9 Å². The minimum atomic E-state index is 0. The lowest BCUT2D eigenvalue weighted by Gasteiger charge is -2.26. The number of hydrogen-bond acceptors (Lipinski definition) is 3. The molecule has 1 aromatic rings. The lowest BCUT2D eigenvalue weighted by atomic mass is 10.1. The topological polar surface area (TPSA) is 57.2 Å². The summed E-state index contributed by atoms with van der Waals surface area (Å²) >= 11 is 0. The van der Waals surface area contributed by atoms with Crippen LogP contribution in [0.1, 0.15) is 31.9 Å². The molecule has 7 heteroatoms. The summed E-state index contributed by atoms with van der Waals surface area (Å²) in [7, 11) is 3.51. The Bertz CT molecular complexity index is 595. The van der Waals surface area contributed by atoms with E-state index in [-0.39, 0.29) is 42.5 Å². The number of carbonyl (C=O) groups excluding carboxylic acids is 1. The quantitative estimate of drug-likeness (QED) is 0.365. The van der Waals surface area contributed by atoms with E-state index in [1.165, 1.54) is 5.56 Å². The molecule has 27 heavy (non-hydrogen) atoms. The molecule has 1 N–H and O–H groups in total. The van der Waals surface area contributed by atoms with Crippen LogP contribution in [-0.4, -0.2) is 68.6 Å². The van der Waals surface area contributed by atoms with Gasteiger partial charge in [0.05, 0.1) is 12.6 Å². The third kappa shape index (κ3) is 7.65. The molecule has 1 aromatic carbocycles. The van der Waals surface area contributed by atoms with Crippen LogP contribution in [0.3, 0.4) is 0 Å². The van der Waals surface area contributed by atoms with E-state index in [0.29, 0.717) is 5.92 Å². The van der Waals surface area contributed by atoms with Gasteiger partial charge in [0.15, 0.2) is 5.96 Å². The van der Waals surface area contributed by atoms with Crippen LogP contribution < -0.4 is 5.32 Å². The number of nitrogens with one attached hydrogen (secondary N) is 1. The summed E-state index contributed by atoms with van der Waals surface area (Å²) < 4.78 is 5.58. The van der Waals surface area contributed by atoms with Gasteiger partial charge in [-0.25, -0.2) is 4.99 Å². The van der Waals surface area contributed by atoms with Gasteiger partial charge in [-0.3, -0.25) is 4.79 Å². The van der Waals surface area contributed by atoms with Gasteiger partial charge in [0.25, 0.3) is 0 Å². The Labute approximate surface area is 180 Å². The van der Waals surface area contributed by atoms with E-state index in [1.807, 2.05) is 25.1 Å². The standard InChI is InChI=1S/C20H32N4O2.HI/c1-5-26-15-17-11-12-24(14-17)20(21-13-19(25)23(3)4)22-16(2)18-9-7-6-8-10-18;/h6-10,16-17H,5,11-15H2,1-4H3,(H,21,22);1H. The van der Waals surface area contributed by atoms with Crippen molar-refractivity contribution < 1.29 is 9.53 Å². The maximum Gasteiger partial charge on any atom is 0.243 e. The van der Waals surface area contributed by atoms with Crippen LogP contribution >= 0.6 is 24.0 Å². The summed E-state index contributed by atoms with van der Waals surface area (Å²) in [5.74, 6) is 1.32. The third-order valence-corrected chi connectivity index (χ3v) is 4.65. The average Bonchev–Trinajstić information content (AvgIpc) is 3.12. The van der Waals surface area contributed by atoms with E-state index in [4.69, 9.17) is 4.74 Å². The second-order valence-corrected chi connectivity index (χ2v) is 6.96. The molecule has 0 saturated carbocycles. The Morgan fingerprint density at radius 2 is 2.07 bits per heavy atom. The number of benzene rings is 1. The summed E-state index contributed by atoms with van der Waals surface area (Å²) in [6.45, 7) is 7.67. The second-order valence-electron chi connectivity index (χ2n) is 6.96. The number of likely N-dealkylation sites (N-methyl/N-ethyl adjacent to an activating group) is 1. The van der Waals surface area contributed by atoms with Crippen molar-refractivity contribution in [3.8, 4) is 0 Å². The first-order chi connectivity index (χ1) is 12.5. The number of nitrogens with zero attached hydrogens (tertiary/aromatic N) is 3. The van der Waals surface area contributed by atoms with Crippen LogP contribution in [0.15, 0.2) is 35.3 Å². The number of rotatable bonds is 7. The molecule has 1 aliphatic heterocycles. The van der Waals surface area contributed by atoms with E-state index in [9.17, 15) is 4.79 Å². The lowest BCUT2D eigenvalue weighted by Crippen LogP contribution is -2.42. The van der Waals surface area contributed by atoms with Gasteiger partial charge in [-0.05, 0) is 25.8 Å². The Morgan fingerprint density at radius 1 is 1.37 bits per heavy atom. The number of carbonyl (C=O) groups is 1. The number of halogens is 1. The molecule has 1 heterocycles.